The molecule has 1 unspecified atom stereocenters. The van der Waals surface area contributed by atoms with E-state index in [2.05, 4.69) is 38.5 Å². The second-order valence-electron chi connectivity index (χ2n) is 10.7. The first kappa shape index (κ1) is 24.0. The van der Waals surface area contributed by atoms with E-state index in [-0.39, 0.29) is 0 Å². The molecule has 196 valence electrons. The van der Waals surface area contributed by atoms with E-state index < -0.39 is 0 Å². The van der Waals surface area contributed by atoms with Gasteiger partial charge in [0.25, 0.3) is 0 Å². The van der Waals surface area contributed by atoms with Crippen molar-refractivity contribution < 1.29 is 4.74 Å². The van der Waals surface area contributed by atoms with Gasteiger partial charge in [-0.15, -0.1) is 0 Å². The molecule has 0 amide bonds. The smallest absolute Gasteiger partial charge is 0.164 e. The SMILES string of the molecule is Nc1ncnc2c1c(-c1ccc(Oc3ccccc3)cc1)nn2C1CCN(C2CN(C3CN(P)C3)C2)CC1. The van der Waals surface area contributed by atoms with Crippen LogP contribution in [0, 0.1) is 0 Å². The van der Waals surface area contributed by atoms with E-state index in [4.69, 9.17) is 15.6 Å². The van der Waals surface area contributed by atoms with Crippen LogP contribution in [-0.2, 0) is 0 Å². The number of piperidine rings is 1. The van der Waals surface area contributed by atoms with Crippen molar-refractivity contribution in [3.05, 3.63) is 60.9 Å². The molecule has 5 heterocycles. The van der Waals surface area contributed by atoms with E-state index >= 15 is 0 Å². The topological polar surface area (TPSA) is 88.6 Å². The fourth-order valence-corrected chi connectivity index (χ4v) is 6.48. The summed E-state index contributed by atoms with van der Waals surface area (Å²) in [6.45, 7) is 6.95. The van der Waals surface area contributed by atoms with Crippen LogP contribution < -0.4 is 10.5 Å². The minimum absolute atomic E-state index is 0.297. The number of likely N-dealkylation sites (tertiary alicyclic amines) is 2. The average molecular weight is 529 g/mol. The lowest BCUT2D eigenvalue weighted by Gasteiger charge is -2.54. The summed E-state index contributed by atoms with van der Waals surface area (Å²) in [5.41, 5.74) is 8.99. The summed E-state index contributed by atoms with van der Waals surface area (Å²) in [4.78, 5) is 14.2. The van der Waals surface area contributed by atoms with Crippen molar-refractivity contribution in [3.63, 3.8) is 0 Å². The average Bonchev–Trinajstić information content (AvgIpc) is 3.29. The second kappa shape index (κ2) is 9.89. The summed E-state index contributed by atoms with van der Waals surface area (Å²) >= 11 is 0. The van der Waals surface area contributed by atoms with Crippen molar-refractivity contribution in [2.75, 3.05) is 45.0 Å². The molecule has 3 aliphatic heterocycles. The minimum Gasteiger partial charge on any atom is -0.457 e. The molecule has 3 aliphatic rings. The summed E-state index contributed by atoms with van der Waals surface area (Å²) in [6.07, 6.45) is 3.66. The molecule has 2 N–H and O–H groups in total. The van der Waals surface area contributed by atoms with Crippen molar-refractivity contribution >= 4 is 26.2 Å². The molecular weight excluding hydrogens is 495 g/mol. The molecule has 0 spiro atoms. The van der Waals surface area contributed by atoms with Crippen molar-refractivity contribution in [2.24, 2.45) is 0 Å². The maximum atomic E-state index is 6.37. The highest BCUT2D eigenvalue weighted by Crippen LogP contribution is 2.36. The molecule has 2 aromatic carbocycles. The Morgan fingerprint density at radius 1 is 0.789 bits per heavy atom. The second-order valence-corrected chi connectivity index (χ2v) is 11.4. The number of aromatic nitrogens is 4. The van der Waals surface area contributed by atoms with Gasteiger partial charge in [0.2, 0.25) is 0 Å². The number of anilines is 1. The maximum absolute atomic E-state index is 6.37. The number of fused-ring (bicyclic) bond motifs is 1. The van der Waals surface area contributed by atoms with E-state index in [0.29, 0.717) is 17.9 Å². The lowest BCUT2D eigenvalue weighted by atomic mass is 9.97. The molecule has 0 aliphatic carbocycles. The number of rotatable bonds is 6. The number of benzene rings is 2. The molecular formula is C28H33N8OP. The Morgan fingerprint density at radius 3 is 2.18 bits per heavy atom. The molecule has 9 nitrogen and oxygen atoms in total. The fourth-order valence-electron chi connectivity index (χ4n) is 5.99. The van der Waals surface area contributed by atoms with Crippen LogP contribution in [-0.4, -0.2) is 85.6 Å². The number of ether oxygens (including phenoxy) is 1. The monoisotopic (exact) mass is 528 g/mol. The molecule has 4 aromatic rings. The van der Waals surface area contributed by atoms with Gasteiger partial charge in [-0.3, -0.25) is 14.5 Å². The molecule has 0 bridgehead atoms. The standard InChI is InChI=1S/C28H33N8OP/c29-27-25-26(19-6-8-24(9-7-19)37-23-4-2-1-3-5-23)32-36(28(25)31-18-30-27)20-10-12-33(13-11-20)21-14-34(15-21)22-16-35(38)17-22/h1-9,18,20-22H,10-17,38H2,(H2,29,30,31). The van der Waals surface area contributed by atoms with E-state index in [1.807, 2.05) is 54.6 Å². The van der Waals surface area contributed by atoms with E-state index in [1.54, 1.807) is 6.33 Å². The van der Waals surface area contributed by atoms with Crippen LogP contribution in [0.1, 0.15) is 18.9 Å². The van der Waals surface area contributed by atoms with Gasteiger partial charge in [0.05, 0.1) is 11.4 Å². The summed E-state index contributed by atoms with van der Waals surface area (Å²) in [7, 11) is 2.81. The van der Waals surface area contributed by atoms with Gasteiger partial charge in [0.1, 0.15) is 29.3 Å². The van der Waals surface area contributed by atoms with Gasteiger partial charge < -0.3 is 10.5 Å². The van der Waals surface area contributed by atoms with Gasteiger partial charge in [-0.2, -0.15) is 5.10 Å². The molecule has 10 heteroatoms. The largest absolute Gasteiger partial charge is 0.457 e. The highest BCUT2D eigenvalue weighted by Gasteiger charge is 2.41. The third-order valence-corrected chi connectivity index (χ3v) is 8.71. The molecule has 0 saturated carbocycles. The van der Waals surface area contributed by atoms with Gasteiger partial charge >= 0.3 is 0 Å². The highest BCUT2D eigenvalue weighted by atomic mass is 31.0. The van der Waals surface area contributed by atoms with Gasteiger partial charge in [-0.25, -0.2) is 14.6 Å². The predicted octanol–water partition coefficient (Wildman–Crippen LogP) is 3.66. The number of nitrogens with two attached hydrogens (primary N) is 1. The highest BCUT2D eigenvalue weighted by molar-refractivity contribution is 7.13. The molecule has 0 radical (unpaired) electrons. The van der Waals surface area contributed by atoms with Gasteiger partial charge in [-0.1, -0.05) is 27.6 Å². The minimum atomic E-state index is 0.297. The summed E-state index contributed by atoms with van der Waals surface area (Å²) in [5.74, 6) is 2.05. The van der Waals surface area contributed by atoms with E-state index in [1.165, 1.54) is 26.2 Å². The first-order valence-corrected chi connectivity index (χ1v) is 13.9. The van der Waals surface area contributed by atoms with Crippen LogP contribution >= 0.6 is 9.39 Å². The van der Waals surface area contributed by atoms with Crippen molar-refractivity contribution in [1.29, 1.82) is 0 Å². The number of nitrogens with zero attached hydrogens (tertiary/aromatic N) is 7. The number of nitrogen functional groups attached to an aromatic ring is 1. The van der Waals surface area contributed by atoms with Crippen molar-refractivity contribution in [2.45, 2.75) is 31.0 Å². The third-order valence-electron chi connectivity index (χ3n) is 8.28. The van der Waals surface area contributed by atoms with Gasteiger partial charge in [-0.05, 0) is 49.2 Å². The molecule has 2 aromatic heterocycles. The third kappa shape index (κ3) is 4.43. The first-order valence-electron chi connectivity index (χ1n) is 13.4. The lowest BCUT2D eigenvalue weighted by molar-refractivity contribution is -0.0368. The van der Waals surface area contributed by atoms with Crippen molar-refractivity contribution in [3.8, 4) is 22.8 Å². The number of hydrogen-bond acceptors (Lipinski definition) is 8. The zero-order valence-corrected chi connectivity index (χ0v) is 22.5. The quantitative estimate of drug-likeness (QED) is 0.380. The number of hydrogen-bond donors (Lipinski definition) is 1. The fraction of sp³-hybridized carbons (Fsp3) is 0.393. The number of para-hydroxylation sites is 1. The van der Waals surface area contributed by atoms with Crippen LogP contribution in [0.2, 0.25) is 0 Å². The Balaban J connectivity index is 1.07. The van der Waals surface area contributed by atoms with E-state index in [9.17, 15) is 0 Å². The van der Waals surface area contributed by atoms with Gasteiger partial charge in [0, 0.05) is 56.9 Å². The molecule has 38 heavy (non-hydrogen) atoms. The molecule has 1 atom stereocenters. The van der Waals surface area contributed by atoms with Crippen LogP contribution in [0.5, 0.6) is 11.5 Å². The summed E-state index contributed by atoms with van der Waals surface area (Å²) < 4.78 is 10.4. The molecule has 7 rings (SSSR count). The lowest BCUT2D eigenvalue weighted by Crippen LogP contribution is -2.68. The normalized spacial score (nSPS) is 20.4. The Labute approximate surface area is 224 Å². The Hall–Kier alpha value is -3.10. The first-order chi connectivity index (χ1) is 18.6. The van der Waals surface area contributed by atoms with Crippen LogP contribution in [0.3, 0.4) is 0 Å². The summed E-state index contributed by atoms with van der Waals surface area (Å²) in [5, 5.41) is 5.91. The van der Waals surface area contributed by atoms with Gasteiger partial charge in [0.15, 0.2) is 5.65 Å². The van der Waals surface area contributed by atoms with Crippen LogP contribution in [0.25, 0.3) is 22.3 Å². The van der Waals surface area contributed by atoms with Crippen LogP contribution in [0.15, 0.2) is 60.9 Å². The Morgan fingerprint density at radius 2 is 1.47 bits per heavy atom. The Bertz CT molecular complexity index is 1410. The molecule has 3 fully saturated rings. The summed E-state index contributed by atoms with van der Waals surface area (Å²) in [6, 6.07) is 19.5. The zero-order chi connectivity index (χ0) is 25.6. The zero-order valence-electron chi connectivity index (χ0n) is 21.4. The van der Waals surface area contributed by atoms with E-state index in [0.717, 1.165) is 65.8 Å². The van der Waals surface area contributed by atoms with Crippen molar-refractivity contribution in [1.82, 2.24) is 34.2 Å². The Kier molecular flexibility index (Phi) is 6.24. The molecule has 3 saturated heterocycles. The predicted molar refractivity (Wildman–Crippen MR) is 152 cm³/mol. The maximum Gasteiger partial charge on any atom is 0.164 e. The van der Waals surface area contributed by atoms with Crippen LogP contribution in [0.4, 0.5) is 5.82 Å².